The molecule has 1 saturated heterocycles. The summed E-state index contributed by atoms with van der Waals surface area (Å²) in [6.45, 7) is 4.80. The fourth-order valence-electron chi connectivity index (χ4n) is 4.14. The van der Waals surface area contributed by atoms with E-state index in [9.17, 15) is 14.9 Å². The Morgan fingerprint density at radius 2 is 1.56 bits per heavy atom. The third-order valence-electron chi connectivity index (χ3n) is 5.77. The summed E-state index contributed by atoms with van der Waals surface area (Å²) < 4.78 is 0. The van der Waals surface area contributed by atoms with Crippen molar-refractivity contribution in [2.45, 2.75) is 13.0 Å². The number of rotatable bonds is 6. The summed E-state index contributed by atoms with van der Waals surface area (Å²) in [7, 11) is 0. The highest BCUT2D eigenvalue weighted by molar-refractivity contribution is 5.97. The van der Waals surface area contributed by atoms with Gasteiger partial charge in [-0.1, -0.05) is 54.6 Å². The van der Waals surface area contributed by atoms with Crippen molar-refractivity contribution in [3.8, 4) is 0 Å². The second-order valence-corrected chi connectivity index (χ2v) is 7.94. The van der Waals surface area contributed by atoms with Gasteiger partial charge in [0.1, 0.15) is 11.7 Å². The number of amides is 1. The van der Waals surface area contributed by atoms with Gasteiger partial charge in [0.2, 0.25) is 5.91 Å². The van der Waals surface area contributed by atoms with E-state index in [1.807, 2.05) is 48.5 Å². The van der Waals surface area contributed by atoms with Crippen molar-refractivity contribution in [2.24, 2.45) is 0 Å². The summed E-state index contributed by atoms with van der Waals surface area (Å²) in [5.41, 5.74) is 2.93. The Bertz CT molecular complexity index is 1080. The number of piperazine rings is 1. The van der Waals surface area contributed by atoms with Gasteiger partial charge in [-0.25, -0.2) is 0 Å². The standard InChI is InChI=1S/C25H26N4O3/c1-19-12-13-22(23(18-19)29(31)32)26-25(30)24(20-8-4-2-5-9-20)28-16-14-27(15-17-28)21-10-6-3-7-11-21/h2-13,18,24H,14-17H2,1H3,(H,26,30). The molecule has 0 aliphatic carbocycles. The highest BCUT2D eigenvalue weighted by Crippen LogP contribution is 2.29. The molecule has 1 aliphatic heterocycles. The second-order valence-electron chi connectivity index (χ2n) is 7.94. The van der Waals surface area contributed by atoms with Crippen molar-refractivity contribution in [1.82, 2.24) is 4.90 Å². The largest absolute Gasteiger partial charge is 0.369 e. The van der Waals surface area contributed by atoms with Crippen LogP contribution in [0.5, 0.6) is 0 Å². The zero-order chi connectivity index (χ0) is 22.5. The van der Waals surface area contributed by atoms with Gasteiger partial charge in [-0.2, -0.15) is 0 Å². The van der Waals surface area contributed by atoms with Crippen LogP contribution in [0.4, 0.5) is 17.1 Å². The van der Waals surface area contributed by atoms with Gasteiger partial charge >= 0.3 is 0 Å². The summed E-state index contributed by atoms with van der Waals surface area (Å²) in [6.07, 6.45) is 0. The summed E-state index contributed by atoms with van der Waals surface area (Å²) in [4.78, 5) is 28.9. The van der Waals surface area contributed by atoms with Gasteiger partial charge in [-0.15, -0.1) is 0 Å². The number of nitrogens with one attached hydrogen (secondary N) is 1. The summed E-state index contributed by atoms with van der Waals surface area (Å²) in [5.74, 6) is -0.267. The number of nitrogens with zero attached hydrogens (tertiary/aromatic N) is 3. The zero-order valence-electron chi connectivity index (χ0n) is 18.0. The summed E-state index contributed by atoms with van der Waals surface area (Å²) in [6, 6.07) is 24.1. The first kappa shape index (κ1) is 21.5. The van der Waals surface area contributed by atoms with Crippen LogP contribution in [0.15, 0.2) is 78.9 Å². The van der Waals surface area contributed by atoms with Crippen LogP contribution < -0.4 is 10.2 Å². The Labute approximate surface area is 187 Å². The van der Waals surface area contributed by atoms with Crippen LogP contribution in [-0.2, 0) is 4.79 Å². The molecule has 164 valence electrons. The number of aryl methyl sites for hydroxylation is 1. The third kappa shape index (κ3) is 4.78. The maximum atomic E-state index is 13.4. The molecule has 3 aromatic rings. The molecule has 0 saturated carbocycles. The van der Waals surface area contributed by atoms with E-state index < -0.39 is 11.0 Å². The van der Waals surface area contributed by atoms with Crippen LogP contribution in [0.2, 0.25) is 0 Å². The highest BCUT2D eigenvalue weighted by Gasteiger charge is 2.31. The lowest BCUT2D eigenvalue weighted by Gasteiger charge is -2.39. The number of carbonyl (C=O) groups excluding carboxylic acids is 1. The predicted molar refractivity (Wildman–Crippen MR) is 126 cm³/mol. The molecule has 1 atom stereocenters. The summed E-state index contributed by atoms with van der Waals surface area (Å²) >= 11 is 0. The SMILES string of the molecule is Cc1ccc(NC(=O)C(c2ccccc2)N2CCN(c3ccccc3)CC2)c([N+](=O)[O-])c1. The van der Waals surface area contributed by atoms with Gasteiger partial charge in [-0.05, 0) is 36.2 Å². The van der Waals surface area contributed by atoms with Crippen LogP contribution in [-0.4, -0.2) is 41.9 Å². The van der Waals surface area contributed by atoms with Gasteiger partial charge in [0, 0.05) is 37.9 Å². The van der Waals surface area contributed by atoms with E-state index >= 15 is 0 Å². The van der Waals surface area contributed by atoms with Crippen molar-refractivity contribution in [2.75, 3.05) is 36.4 Å². The van der Waals surface area contributed by atoms with Crippen molar-refractivity contribution >= 4 is 23.0 Å². The van der Waals surface area contributed by atoms with Crippen molar-refractivity contribution < 1.29 is 9.72 Å². The normalized spacial score (nSPS) is 15.2. The molecule has 32 heavy (non-hydrogen) atoms. The van der Waals surface area contributed by atoms with E-state index in [-0.39, 0.29) is 17.3 Å². The van der Waals surface area contributed by atoms with E-state index in [1.54, 1.807) is 19.1 Å². The number of hydrogen-bond donors (Lipinski definition) is 1. The molecule has 1 aliphatic rings. The molecule has 3 aromatic carbocycles. The van der Waals surface area contributed by atoms with Gasteiger partial charge in [0.15, 0.2) is 0 Å². The smallest absolute Gasteiger partial charge is 0.293 e. The minimum atomic E-state index is -0.532. The lowest BCUT2D eigenvalue weighted by molar-refractivity contribution is -0.384. The second kappa shape index (κ2) is 9.62. The molecule has 7 nitrogen and oxygen atoms in total. The van der Waals surface area contributed by atoms with Crippen molar-refractivity contribution in [1.29, 1.82) is 0 Å². The van der Waals surface area contributed by atoms with Crippen LogP contribution in [0.1, 0.15) is 17.2 Å². The number of carbonyl (C=O) groups is 1. The van der Waals surface area contributed by atoms with E-state index in [0.717, 1.165) is 24.2 Å². The molecule has 0 bridgehead atoms. The van der Waals surface area contributed by atoms with Crippen molar-refractivity contribution in [3.63, 3.8) is 0 Å². The first-order valence-electron chi connectivity index (χ1n) is 10.7. The number of nitro benzene ring substituents is 1. The molecule has 1 unspecified atom stereocenters. The molecule has 0 spiro atoms. The number of para-hydroxylation sites is 1. The highest BCUT2D eigenvalue weighted by atomic mass is 16.6. The first-order chi connectivity index (χ1) is 15.5. The number of benzene rings is 3. The van der Waals surface area contributed by atoms with Crippen LogP contribution >= 0.6 is 0 Å². The molecule has 1 amide bonds. The lowest BCUT2D eigenvalue weighted by Crippen LogP contribution is -2.50. The lowest BCUT2D eigenvalue weighted by atomic mass is 10.0. The van der Waals surface area contributed by atoms with E-state index in [0.29, 0.717) is 13.1 Å². The number of nitro groups is 1. The molecular formula is C25H26N4O3. The van der Waals surface area contributed by atoms with Crippen LogP contribution in [0.25, 0.3) is 0 Å². The van der Waals surface area contributed by atoms with Crippen LogP contribution in [0.3, 0.4) is 0 Å². The Morgan fingerprint density at radius 1 is 0.938 bits per heavy atom. The average Bonchev–Trinajstić information content (AvgIpc) is 2.82. The third-order valence-corrected chi connectivity index (χ3v) is 5.77. The number of anilines is 2. The maximum Gasteiger partial charge on any atom is 0.293 e. The minimum absolute atomic E-state index is 0.0981. The fraction of sp³-hybridized carbons (Fsp3) is 0.240. The summed E-state index contributed by atoms with van der Waals surface area (Å²) in [5, 5.41) is 14.3. The van der Waals surface area contributed by atoms with Crippen molar-refractivity contribution in [3.05, 3.63) is 100 Å². The van der Waals surface area contributed by atoms with E-state index in [1.165, 1.54) is 11.8 Å². The van der Waals surface area contributed by atoms with E-state index in [2.05, 4.69) is 27.2 Å². The predicted octanol–water partition coefficient (Wildman–Crippen LogP) is 4.41. The van der Waals surface area contributed by atoms with Gasteiger partial charge in [0.25, 0.3) is 5.69 Å². The van der Waals surface area contributed by atoms with Gasteiger partial charge in [0.05, 0.1) is 4.92 Å². The molecule has 1 fully saturated rings. The molecule has 1 N–H and O–H groups in total. The molecule has 1 heterocycles. The van der Waals surface area contributed by atoms with Crippen LogP contribution in [0, 0.1) is 17.0 Å². The molecule has 0 aromatic heterocycles. The quantitative estimate of drug-likeness (QED) is 0.463. The Morgan fingerprint density at radius 3 is 2.19 bits per heavy atom. The van der Waals surface area contributed by atoms with Gasteiger partial charge in [-0.3, -0.25) is 19.8 Å². The fourth-order valence-corrected chi connectivity index (χ4v) is 4.14. The Kier molecular flexibility index (Phi) is 6.47. The monoisotopic (exact) mass is 430 g/mol. The zero-order valence-corrected chi connectivity index (χ0v) is 18.0. The Balaban J connectivity index is 1.56. The maximum absolute atomic E-state index is 13.4. The molecule has 7 heteroatoms. The average molecular weight is 431 g/mol. The Hall–Kier alpha value is -3.71. The first-order valence-corrected chi connectivity index (χ1v) is 10.7. The molecular weight excluding hydrogens is 404 g/mol. The molecule has 0 radical (unpaired) electrons. The van der Waals surface area contributed by atoms with Gasteiger partial charge < -0.3 is 10.2 Å². The minimum Gasteiger partial charge on any atom is -0.369 e. The number of hydrogen-bond acceptors (Lipinski definition) is 5. The topological polar surface area (TPSA) is 78.7 Å². The van der Waals surface area contributed by atoms with E-state index in [4.69, 9.17) is 0 Å². The molecule has 4 rings (SSSR count).